The summed E-state index contributed by atoms with van der Waals surface area (Å²) in [4.78, 5) is 0. The molecule has 8 heteroatoms. The zero-order valence-corrected chi connectivity index (χ0v) is 8.59. The summed E-state index contributed by atoms with van der Waals surface area (Å²) < 4.78 is 58.9. The molecular formula is C8H7F2NO4S. The Morgan fingerprint density at radius 3 is 2.62 bits per heavy atom. The quantitative estimate of drug-likeness (QED) is 0.479. The molecule has 0 aliphatic heterocycles. The highest BCUT2D eigenvalue weighted by molar-refractivity contribution is 7.85. The van der Waals surface area contributed by atoms with Crippen molar-refractivity contribution in [2.45, 2.75) is 0 Å². The van der Waals surface area contributed by atoms with Crippen molar-refractivity contribution < 1.29 is 26.5 Å². The monoisotopic (exact) mass is 251 g/mol. The number of hydrogen-bond acceptors (Lipinski definition) is 4. The third-order valence-electron chi connectivity index (χ3n) is 1.53. The van der Waals surface area contributed by atoms with E-state index in [1.165, 1.54) is 0 Å². The number of rotatable bonds is 3. The first-order chi connectivity index (χ1) is 7.29. The summed E-state index contributed by atoms with van der Waals surface area (Å²) in [7, 11) is -4.43. The Morgan fingerprint density at radius 1 is 1.44 bits per heavy atom. The van der Waals surface area contributed by atoms with Crippen LogP contribution in [0.15, 0.2) is 18.2 Å². The van der Waals surface area contributed by atoms with Gasteiger partial charge in [0, 0.05) is 0 Å². The number of ether oxygens (including phenoxy) is 1. The summed E-state index contributed by atoms with van der Waals surface area (Å²) >= 11 is 0. The minimum absolute atomic E-state index is 0.524. The maximum atomic E-state index is 13.0. The number of hydrogen-bond donors (Lipinski definition) is 2. The van der Waals surface area contributed by atoms with Crippen LogP contribution in [0.5, 0.6) is 0 Å². The lowest BCUT2D eigenvalue weighted by Crippen LogP contribution is -2.14. The molecule has 0 saturated heterocycles. The van der Waals surface area contributed by atoms with Gasteiger partial charge in [0.15, 0.2) is 0 Å². The van der Waals surface area contributed by atoms with Crippen molar-refractivity contribution in [3.05, 3.63) is 35.4 Å². The van der Waals surface area contributed by atoms with Gasteiger partial charge < -0.3 is 4.74 Å². The Kier molecular flexibility index (Phi) is 3.55. The molecule has 0 fully saturated rings. The second-order valence-corrected chi connectivity index (χ2v) is 4.20. The van der Waals surface area contributed by atoms with Crippen LogP contribution in [-0.4, -0.2) is 24.8 Å². The molecule has 0 atom stereocenters. The van der Waals surface area contributed by atoms with Crippen molar-refractivity contribution in [1.82, 2.24) is 0 Å². The Morgan fingerprint density at radius 2 is 2.06 bits per heavy atom. The maximum absolute atomic E-state index is 13.0. The molecule has 5 nitrogen and oxygen atoms in total. The first kappa shape index (κ1) is 12.5. The van der Waals surface area contributed by atoms with Crippen LogP contribution < -0.4 is 0 Å². The molecule has 0 aliphatic carbocycles. The third-order valence-corrected chi connectivity index (χ3v) is 1.94. The van der Waals surface area contributed by atoms with Crippen molar-refractivity contribution >= 4 is 16.0 Å². The van der Waals surface area contributed by atoms with Gasteiger partial charge in [-0.25, -0.2) is 8.78 Å². The predicted molar refractivity (Wildman–Crippen MR) is 50.7 cm³/mol. The zero-order chi connectivity index (χ0) is 12.3. The van der Waals surface area contributed by atoms with Gasteiger partial charge in [-0.3, -0.25) is 9.96 Å². The molecule has 2 N–H and O–H groups in total. The van der Waals surface area contributed by atoms with Gasteiger partial charge in [-0.05, 0) is 18.2 Å². The van der Waals surface area contributed by atoms with E-state index >= 15 is 0 Å². The van der Waals surface area contributed by atoms with Crippen LogP contribution in [0.25, 0.3) is 0 Å². The normalized spacial score (nSPS) is 11.2. The molecule has 1 aromatic carbocycles. The third kappa shape index (κ3) is 3.55. The van der Waals surface area contributed by atoms with Crippen LogP contribution >= 0.6 is 0 Å². The average Bonchev–Trinajstić information content (AvgIpc) is 2.17. The van der Waals surface area contributed by atoms with Gasteiger partial charge in [-0.15, -0.1) is 0 Å². The summed E-state index contributed by atoms with van der Waals surface area (Å²) in [6, 6.07) is 2.30. The van der Waals surface area contributed by atoms with Crippen LogP contribution in [0.3, 0.4) is 0 Å². The van der Waals surface area contributed by atoms with Crippen molar-refractivity contribution in [3.8, 4) is 0 Å². The highest BCUT2D eigenvalue weighted by Crippen LogP contribution is 2.11. The van der Waals surface area contributed by atoms with E-state index in [0.29, 0.717) is 6.07 Å². The molecule has 0 aromatic heterocycles. The molecular weight excluding hydrogens is 244 g/mol. The van der Waals surface area contributed by atoms with Crippen LogP contribution in [0.1, 0.15) is 5.56 Å². The Hall–Kier alpha value is -1.54. The molecule has 88 valence electrons. The minimum atomic E-state index is -4.43. The van der Waals surface area contributed by atoms with Crippen LogP contribution in [-0.2, 0) is 14.9 Å². The molecule has 0 radical (unpaired) electrons. The molecule has 1 rings (SSSR count). The van der Waals surface area contributed by atoms with E-state index in [1.807, 2.05) is 0 Å². The lowest BCUT2D eigenvalue weighted by Gasteiger charge is -2.06. The molecule has 0 unspecified atom stereocenters. The van der Waals surface area contributed by atoms with Gasteiger partial charge in [0.25, 0.3) is 0 Å². The van der Waals surface area contributed by atoms with Gasteiger partial charge in [0.1, 0.15) is 11.6 Å². The second kappa shape index (κ2) is 4.54. The van der Waals surface area contributed by atoms with E-state index in [4.69, 9.17) is 9.96 Å². The minimum Gasteiger partial charge on any atom is -0.459 e. The average molecular weight is 251 g/mol. The van der Waals surface area contributed by atoms with E-state index in [9.17, 15) is 17.2 Å². The molecule has 0 bridgehead atoms. The van der Waals surface area contributed by atoms with E-state index < -0.39 is 39.2 Å². The maximum Gasteiger partial charge on any atom is 0.300 e. The summed E-state index contributed by atoms with van der Waals surface area (Å²) in [6.07, 6.45) is 0. The van der Waals surface area contributed by atoms with Crippen molar-refractivity contribution in [2.75, 3.05) is 5.94 Å². The lowest BCUT2D eigenvalue weighted by atomic mass is 10.2. The molecule has 0 saturated carbocycles. The smallest absolute Gasteiger partial charge is 0.300 e. The Bertz CT molecular complexity index is 515. The SMILES string of the molecule is N=C(OCS(=O)(=O)O)c1cc(F)ccc1F. The molecule has 0 aliphatic rings. The van der Waals surface area contributed by atoms with E-state index in [2.05, 4.69) is 4.74 Å². The highest BCUT2D eigenvalue weighted by Gasteiger charge is 2.13. The number of halogens is 2. The Balaban J connectivity index is 2.85. The molecule has 1 aromatic rings. The predicted octanol–water partition coefficient (Wildman–Crippen LogP) is 1.15. The molecule has 0 amide bonds. The van der Waals surface area contributed by atoms with Gasteiger partial charge in [-0.2, -0.15) is 8.42 Å². The zero-order valence-electron chi connectivity index (χ0n) is 7.78. The largest absolute Gasteiger partial charge is 0.459 e. The summed E-state index contributed by atoms with van der Waals surface area (Å²) in [5, 5.41) is 7.14. The first-order valence-electron chi connectivity index (χ1n) is 3.91. The molecule has 0 heterocycles. The van der Waals surface area contributed by atoms with Crippen molar-refractivity contribution in [3.63, 3.8) is 0 Å². The van der Waals surface area contributed by atoms with Gasteiger partial charge in [0.05, 0.1) is 5.56 Å². The van der Waals surface area contributed by atoms with Crippen LogP contribution in [0.2, 0.25) is 0 Å². The second-order valence-electron chi connectivity index (χ2n) is 2.80. The van der Waals surface area contributed by atoms with Crippen molar-refractivity contribution in [2.24, 2.45) is 0 Å². The van der Waals surface area contributed by atoms with Crippen molar-refractivity contribution in [1.29, 1.82) is 5.41 Å². The summed E-state index contributed by atoms with van der Waals surface area (Å²) in [5.74, 6) is -3.80. The fraction of sp³-hybridized carbons (Fsp3) is 0.125. The van der Waals surface area contributed by atoms with E-state index in [-0.39, 0.29) is 0 Å². The lowest BCUT2D eigenvalue weighted by molar-refractivity contribution is 0.339. The Labute approximate surface area is 89.9 Å². The van der Waals surface area contributed by atoms with Crippen LogP contribution in [0, 0.1) is 17.0 Å². The van der Waals surface area contributed by atoms with E-state index in [0.717, 1.165) is 12.1 Å². The topological polar surface area (TPSA) is 87.5 Å². The molecule has 16 heavy (non-hydrogen) atoms. The van der Waals surface area contributed by atoms with Gasteiger partial charge in [-0.1, -0.05) is 0 Å². The first-order valence-corrected chi connectivity index (χ1v) is 5.52. The molecule has 0 spiro atoms. The fourth-order valence-corrected chi connectivity index (χ4v) is 1.15. The van der Waals surface area contributed by atoms with Crippen LogP contribution in [0.4, 0.5) is 8.78 Å². The standard InChI is InChI=1S/C8H7F2NO4S/c9-5-1-2-7(10)6(3-5)8(11)15-4-16(12,13)14/h1-3,11H,4H2,(H,12,13,14). The highest BCUT2D eigenvalue weighted by atomic mass is 32.2. The summed E-state index contributed by atoms with van der Waals surface area (Å²) in [5.41, 5.74) is -0.524. The number of benzene rings is 1. The summed E-state index contributed by atoms with van der Waals surface area (Å²) in [6.45, 7) is 0. The van der Waals surface area contributed by atoms with Gasteiger partial charge >= 0.3 is 10.1 Å². The number of nitrogens with one attached hydrogen (secondary N) is 1. The van der Waals surface area contributed by atoms with E-state index in [1.54, 1.807) is 0 Å². The van der Waals surface area contributed by atoms with Gasteiger partial charge in [0.2, 0.25) is 11.8 Å². The fourth-order valence-electron chi connectivity index (χ4n) is 0.883.